The summed E-state index contributed by atoms with van der Waals surface area (Å²) in [7, 11) is 0. The fraction of sp³-hybridized carbons (Fsp3) is 0.875. The van der Waals surface area contributed by atoms with Crippen LogP contribution in [-0.4, -0.2) is 29.7 Å². The quantitative estimate of drug-likeness (QED) is 0.511. The van der Waals surface area contributed by atoms with Gasteiger partial charge >= 0.3 is 0 Å². The summed E-state index contributed by atoms with van der Waals surface area (Å²) in [5.41, 5.74) is 0. The van der Waals surface area contributed by atoms with Gasteiger partial charge < -0.3 is 14.6 Å². The summed E-state index contributed by atoms with van der Waals surface area (Å²) in [6.07, 6.45) is 12.8. The van der Waals surface area contributed by atoms with Crippen molar-refractivity contribution in [2.45, 2.75) is 83.7 Å². The molecule has 2 atom stereocenters. The molecule has 3 nitrogen and oxygen atoms in total. The van der Waals surface area contributed by atoms with E-state index < -0.39 is 5.79 Å². The van der Waals surface area contributed by atoms with Crippen LogP contribution in [0, 0.1) is 0 Å². The molecule has 1 rings (SSSR count). The van der Waals surface area contributed by atoms with Gasteiger partial charge in [-0.1, -0.05) is 44.8 Å². The number of hydrogen-bond acceptors (Lipinski definition) is 3. The van der Waals surface area contributed by atoms with E-state index in [4.69, 9.17) is 9.47 Å². The van der Waals surface area contributed by atoms with Crippen LogP contribution in [0.3, 0.4) is 0 Å². The smallest absolute Gasteiger partial charge is 0.163 e. The fourth-order valence-corrected chi connectivity index (χ4v) is 2.48. The Kier molecular flexibility index (Phi) is 7.66. The third-order valence-electron chi connectivity index (χ3n) is 3.47. The normalized spacial score (nSPS) is 26.3. The van der Waals surface area contributed by atoms with Gasteiger partial charge in [0.1, 0.15) is 6.10 Å². The monoisotopic (exact) mass is 270 g/mol. The third-order valence-corrected chi connectivity index (χ3v) is 3.47. The van der Waals surface area contributed by atoms with Crippen molar-refractivity contribution >= 4 is 0 Å². The molecule has 0 aromatic heterocycles. The number of allylic oxidation sites excluding steroid dienone is 1. The molecule has 0 aliphatic carbocycles. The van der Waals surface area contributed by atoms with E-state index in [1.165, 1.54) is 32.1 Å². The molecule has 19 heavy (non-hydrogen) atoms. The molecule has 112 valence electrons. The Morgan fingerprint density at radius 2 is 1.68 bits per heavy atom. The van der Waals surface area contributed by atoms with Crippen LogP contribution < -0.4 is 0 Å². The van der Waals surface area contributed by atoms with E-state index in [1.54, 1.807) is 0 Å². The highest BCUT2D eigenvalue weighted by molar-refractivity contribution is 4.90. The van der Waals surface area contributed by atoms with E-state index in [1.807, 2.05) is 13.8 Å². The first-order valence-electron chi connectivity index (χ1n) is 7.70. The van der Waals surface area contributed by atoms with Crippen molar-refractivity contribution in [2.75, 3.05) is 6.61 Å². The topological polar surface area (TPSA) is 38.7 Å². The highest BCUT2D eigenvalue weighted by atomic mass is 16.8. The van der Waals surface area contributed by atoms with Gasteiger partial charge in [0.05, 0.1) is 12.7 Å². The SMILES string of the molecule is CCCCCCC/C=C/C[C@@H]1OC(C)(C)O[C@@H]1CO. The molecular weight excluding hydrogens is 240 g/mol. The fourth-order valence-electron chi connectivity index (χ4n) is 2.48. The van der Waals surface area contributed by atoms with Crippen molar-refractivity contribution in [1.82, 2.24) is 0 Å². The van der Waals surface area contributed by atoms with Crippen molar-refractivity contribution in [3.63, 3.8) is 0 Å². The first-order valence-corrected chi connectivity index (χ1v) is 7.70. The molecule has 0 aromatic carbocycles. The van der Waals surface area contributed by atoms with Gasteiger partial charge in [-0.05, 0) is 33.1 Å². The Hall–Kier alpha value is -0.380. The van der Waals surface area contributed by atoms with Crippen LogP contribution in [0.15, 0.2) is 12.2 Å². The number of aliphatic hydroxyl groups is 1. The summed E-state index contributed by atoms with van der Waals surface area (Å²) in [6, 6.07) is 0. The minimum Gasteiger partial charge on any atom is -0.394 e. The maximum Gasteiger partial charge on any atom is 0.163 e. The minimum atomic E-state index is -0.563. The van der Waals surface area contributed by atoms with Gasteiger partial charge in [0, 0.05) is 0 Å². The van der Waals surface area contributed by atoms with Gasteiger partial charge in [-0.2, -0.15) is 0 Å². The van der Waals surface area contributed by atoms with Crippen LogP contribution in [0.25, 0.3) is 0 Å². The van der Waals surface area contributed by atoms with Gasteiger partial charge in [-0.25, -0.2) is 0 Å². The Morgan fingerprint density at radius 1 is 1.00 bits per heavy atom. The Labute approximate surface area is 118 Å². The van der Waals surface area contributed by atoms with Gasteiger partial charge in [-0.15, -0.1) is 0 Å². The van der Waals surface area contributed by atoms with Gasteiger partial charge in [0.15, 0.2) is 5.79 Å². The van der Waals surface area contributed by atoms with Crippen molar-refractivity contribution in [3.8, 4) is 0 Å². The molecule has 0 radical (unpaired) electrons. The summed E-state index contributed by atoms with van der Waals surface area (Å²) in [4.78, 5) is 0. The van der Waals surface area contributed by atoms with E-state index in [2.05, 4.69) is 19.1 Å². The van der Waals surface area contributed by atoms with Crippen molar-refractivity contribution < 1.29 is 14.6 Å². The summed E-state index contributed by atoms with van der Waals surface area (Å²) in [6.45, 7) is 6.06. The number of hydrogen-bond donors (Lipinski definition) is 1. The lowest BCUT2D eigenvalue weighted by Crippen LogP contribution is -2.25. The lowest BCUT2D eigenvalue weighted by atomic mass is 10.1. The molecule has 1 aliphatic rings. The number of unbranched alkanes of at least 4 members (excludes halogenated alkanes) is 5. The van der Waals surface area contributed by atoms with E-state index in [0.717, 1.165) is 12.8 Å². The zero-order valence-corrected chi connectivity index (χ0v) is 12.7. The lowest BCUT2D eigenvalue weighted by Gasteiger charge is -2.16. The maximum atomic E-state index is 9.26. The Balaban J connectivity index is 2.14. The standard InChI is InChI=1S/C16H30O3/c1-4-5-6-7-8-9-10-11-12-14-15(13-17)19-16(2,3)18-14/h10-11,14-15,17H,4-9,12-13H2,1-3H3/b11-10+/t14-,15+/m0/s1. The highest BCUT2D eigenvalue weighted by Crippen LogP contribution is 2.29. The molecule has 1 heterocycles. The Morgan fingerprint density at radius 3 is 2.37 bits per heavy atom. The molecule has 3 heteroatoms. The lowest BCUT2D eigenvalue weighted by molar-refractivity contribution is -0.148. The molecule has 0 spiro atoms. The van der Waals surface area contributed by atoms with Crippen LogP contribution in [0.1, 0.15) is 65.7 Å². The number of rotatable bonds is 9. The van der Waals surface area contributed by atoms with Gasteiger partial charge in [-0.3, -0.25) is 0 Å². The molecule has 0 bridgehead atoms. The maximum absolute atomic E-state index is 9.26. The second-order valence-corrected chi connectivity index (χ2v) is 5.81. The van der Waals surface area contributed by atoms with E-state index in [0.29, 0.717) is 0 Å². The first-order chi connectivity index (χ1) is 9.09. The first kappa shape index (κ1) is 16.7. The van der Waals surface area contributed by atoms with Crippen LogP contribution in [0.4, 0.5) is 0 Å². The predicted molar refractivity (Wildman–Crippen MR) is 78.0 cm³/mol. The summed E-state index contributed by atoms with van der Waals surface area (Å²) < 4.78 is 11.4. The van der Waals surface area contributed by atoms with Crippen LogP contribution in [0.2, 0.25) is 0 Å². The predicted octanol–water partition coefficient (Wildman–Crippen LogP) is 3.81. The molecule has 1 fully saturated rings. The van der Waals surface area contributed by atoms with Crippen LogP contribution >= 0.6 is 0 Å². The summed E-state index contributed by atoms with van der Waals surface area (Å²) >= 11 is 0. The minimum absolute atomic E-state index is 0.0173. The zero-order chi connectivity index (χ0) is 14.1. The molecule has 1 N–H and O–H groups in total. The van der Waals surface area contributed by atoms with E-state index in [-0.39, 0.29) is 18.8 Å². The highest BCUT2D eigenvalue weighted by Gasteiger charge is 2.39. The van der Waals surface area contributed by atoms with E-state index >= 15 is 0 Å². The van der Waals surface area contributed by atoms with Gasteiger partial charge in [0.25, 0.3) is 0 Å². The zero-order valence-electron chi connectivity index (χ0n) is 12.7. The number of aliphatic hydroxyl groups excluding tert-OH is 1. The Bertz CT molecular complexity index is 261. The van der Waals surface area contributed by atoms with Crippen LogP contribution in [0.5, 0.6) is 0 Å². The van der Waals surface area contributed by atoms with Crippen LogP contribution in [-0.2, 0) is 9.47 Å². The summed E-state index contributed by atoms with van der Waals surface area (Å²) in [5, 5.41) is 9.26. The molecule has 0 saturated carbocycles. The van der Waals surface area contributed by atoms with Crippen molar-refractivity contribution in [3.05, 3.63) is 12.2 Å². The molecule has 1 aliphatic heterocycles. The average Bonchev–Trinajstić information content (AvgIpc) is 2.67. The molecule has 1 saturated heterocycles. The third kappa shape index (κ3) is 6.55. The average molecular weight is 270 g/mol. The molecule has 0 unspecified atom stereocenters. The molecule has 0 amide bonds. The second-order valence-electron chi connectivity index (χ2n) is 5.81. The largest absolute Gasteiger partial charge is 0.394 e. The van der Waals surface area contributed by atoms with Gasteiger partial charge in [0.2, 0.25) is 0 Å². The number of ether oxygens (including phenoxy) is 2. The second kappa shape index (κ2) is 8.72. The van der Waals surface area contributed by atoms with E-state index in [9.17, 15) is 5.11 Å². The molecular formula is C16H30O3. The van der Waals surface area contributed by atoms with Crippen molar-refractivity contribution in [2.24, 2.45) is 0 Å². The van der Waals surface area contributed by atoms with Crippen molar-refractivity contribution in [1.29, 1.82) is 0 Å². The molecule has 0 aromatic rings. The summed E-state index contributed by atoms with van der Waals surface area (Å²) in [5.74, 6) is -0.563.